The minimum absolute atomic E-state index is 0.313. The molecule has 0 spiro atoms. The summed E-state index contributed by atoms with van der Waals surface area (Å²) >= 11 is 0. The van der Waals surface area contributed by atoms with Gasteiger partial charge in [-0.25, -0.2) is 0 Å². The highest BCUT2D eigenvalue weighted by molar-refractivity contribution is 4.95. The number of likely N-dealkylation sites (N-methyl/N-ethyl adjacent to an activating group) is 1. The molecule has 1 rings (SSSR count). The lowest BCUT2D eigenvalue weighted by atomic mass is 9.93. The summed E-state index contributed by atoms with van der Waals surface area (Å²) in [5.41, 5.74) is -0.159. The molecule has 0 aliphatic heterocycles. The van der Waals surface area contributed by atoms with Crippen LogP contribution in [-0.4, -0.2) is 35.2 Å². The Bertz CT molecular complexity index is 193. The predicted octanol–water partition coefficient (Wildman–Crippen LogP) is 2.27. The first kappa shape index (κ1) is 12.0. The number of aliphatic hydroxyl groups is 1. The van der Waals surface area contributed by atoms with Gasteiger partial charge in [0.1, 0.15) is 0 Å². The predicted molar refractivity (Wildman–Crippen MR) is 60.3 cm³/mol. The molecule has 84 valence electrons. The van der Waals surface area contributed by atoms with E-state index < -0.39 is 5.60 Å². The van der Waals surface area contributed by atoms with Crippen molar-refractivity contribution in [3.05, 3.63) is 0 Å². The second-order valence-electron chi connectivity index (χ2n) is 6.24. The Kier molecular flexibility index (Phi) is 3.27. The Morgan fingerprint density at radius 2 is 2.00 bits per heavy atom. The Hall–Kier alpha value is -0.0800. The molecule has 2 heteroatoms. The van der Waals surface area contributed by atoms with Crippen LogP contribution in [0, 0.1) is 5.41 Å². The number of rotatable bonds is 2. The van der Waals surface area contributed by atoms with Crippen molar-refractivity contribution < 1.29 is 5.11 Å². The fourth-order valence-electron chi connectivity index (χ4n) is 2.68. The largest absolute Gasteiger partial charge is 0.389 e. The molecule has 1 fully saturated rings. The van der Waals surface area contributed by atoms with Crippen molar-refractivity contribution in [2.75, 3.05) is 13.6 Å². The van der Waals surface area contributed by atoms with Gasteiger partial charge in [-0.15, -0.1) is 0 Å². The second-order valence-corrected chi connectivity index (χ2v) is 6.24. The van der Waals surface area contributed by atoms with Gasteiger partial charge in [-0.2, -0.15) is 0 Å². The van der Waals surface area contributed by atoms with Crippen LogP contribution >= 0.6 is 0 Å². The zero-order valence-corrected chi connectivity index (χ0v) is 10.3. The Labute approximate surface area is 88.3 Å². The summed E-state index contributed by atoms with van der Waals surface area (Å²) in [6.07, 6.45) is 3.25. The van der Waals surface area contributed by atoms with Crippen LogP contribution < -0.4 is 0 Å². The van der Waals surface area contributed by atoms with Crippen LogP contribution in [-0.2, 0) is 0 Å². The monoisotopic (exact) mass is 199 g/mol. The average molecular weight is 199 g/mol. The van der Waals surface area contributed by atoms with Crippen molar-refractivity contribution in [2.45, 2.75) is 58.6 Å². The van der Waals surface area contributed by atoms with Crippen LogP contribution in [0.5, 0.6) is 0 Å². The minimum atomic E-state index is -0.472. The standard InChI is InChI=1S/C12H25NO/c1-11(2,3)9-13(5)10-7-6-8-12(10,4)14/h10,14H,6-9H2,1-5H3. The molecule has 0 aromatic carbocycles. The van der Waals surface area contributed by atoms with E-state index in [9.17, 15) is 5.11 Å². The van der Waals surface area contributed by atoms with Gasteiger partial charge >= 0.3 is 0 Å². The van der Waals surface area contributed by atoms with Crippen LogP contribution in [0.25, 0.3) is 0 Å². The summed E-state index contributed by atoms with van der Waals surface area (Å²) in [5, 5.41) is 10.2. The fourth-order valence-corrected chi connectivity index (χ4v) is 2.68. The fraction of sp³-hybridized carbons (Fsp3) is 1.00. The highest BCUT2D eigenvalue weighted by Crippen LogP contribution is 2.33. The van der Waals surface area contributed by atoms with E-state index in [2.05, 4.69) is 32.7 Å². The molecule has 1 N–H and O–H groups in total. The molecule has 0 aromatic rings. The maximum absolute atomic E-state index is 10.2. The molecule has 1 aliphatic carbocycles. The zero-order valence-electron chi connectivity index (χ0n) is 10.3. The molecule has 0 radical (unpaired) electrons. The van der Waals surface area contributed by atoms with Gasteiger partial charge in [0, 0.05) is 12.6 Å². The van der Waals surface area contributed by atoms with Crippen molar-refractivity contribution in [2.24, 2.45) is 5.41 Å². The van der Waals surface area contributed by atoms with Gasteiger partial charge in [-0.05, 0) is 38.6 Å². The highest BCUT2D eigenvalue weighted by Gasteiger charge is 2.39. The third-order valence-electron chi connectivity index (χ3n) is 3.13. The first-order valence-electron chi connectivity index (χ1n) is 5.65. The summed E-state index contributed by atoms with van der Waals surface area (Å²) < 4.78 is 0. The van der Waals surface area contributed by atoms with E-state index in [1.807, 2.05) is 6.92 Å². The van der Waals surface area contributed by atoms with E-state index in [-0.39, 0.29) is 0 Å². The van der Waals surface area contributed by atoms with Crippen LogP contribution in [0.15, 0.2) is 0 Å². The summed E-state index contributed by atoms with van der Waals surface area (Å²) in [6, 6.07) is 0.349. The first-order chi connectivity index (χ1) is 6.22. The topological polar surface area (TPSA) is 23.5 Å². The molecule has 2 unspecified atom stereocenters. The third kappa shape index (κ3) is 2.96. The maximum Gasteiger partial charge on any atom is 0.0774 e. The molecule has 1 saturated carbocycles. The molecule has 0 amide bonds. The lowest BCUT2D eigenvalue weighted by Gasteiger charge is -2.37. The SMILES string of the molecule is CN(CC(C)(C)C)C1CCCC1(C)O. The van der Waals surface area contributed by atoms with Crippen molar-refractivity contribution >= 4 is 0 Å². The zero-order chi connectivity index (χ0) is 11.0. The van der Waals surface area contributed by atoms with Gasteiger partial charge in [0.05, 0.1) is 5.60 Å². The average Bonchev–Trinajstić information content (AvgIpc) is 2.25. The summed E-state index contributed by atoms with van der Waals surface area (Å²) in [7, 11) is 2.13. The number of nitrogens with zero attached hydrogens (tertiary/aromatic N) is 1. The van der Waals surface area contributed by atoms with Crippen LogP contribution in [0.3, 0.4) is 0 Å². The van der Waals surface area contributed by atoms with Crippen molar-refractivity contribution in [1.29, 1.82) is 0 Å². The van der Waals surface area contributed by atoms with Gasteiger partial charge in [0.2, 0.25) is 0 Å². The van der Waals surface area contributed by atoms with E-state index in [1.165, 1.54) is 0 Å². The van der Waals surface area contributed by atoms with Crippen molar-refractivity contribution in [3.63, 3.8) is 0 Å². The Morgan fingerprint density at radius 1 is 1.43 bits per heavy atom. The highest BCUT2D eigenvalue weighted by atomic mass is 16.3. The van der Waals surface area contributed by atoms with Crippen molar-refractivity contribution in [1.82, 2.24) is 4.90 Å². The van der Waals surface area contributed by atoms with Gasteiger partial charge < -0.3 is 10.0 Å². The molecule has 0 heterocycles. The first-order valence-corrected chi connectivity index (χ1v) is 5.65. The van der Waals surface area contributed by atoms with E-state index in [0.29, 0.717) is 11.5 Å². The quantitative estimate of drug-likeness (QED) is 0.737. The Balaban J connectivity index is 2.57. The van der Waals surface area contributed by atoms with Gasteiger partial charge in [-0.1, -0.05) is 20.8 Å². The molecule has 0 saturated heterocycles. The van der Waals surface area contributed by atoms with Crippen LogP contribution in [0.2, 0.25) is 0 Å². The molecule has 0 bridgehead atoms. The van der Waals surface area contributed by atoms with Gasteiger partial charge in [0.15, 0.2) is 0 Å². The number of hydrogen-bond donors (Lipinski definition) is 1. The van der Waals surface area contributed by atoms with E-state index in [4.69, 9.17) is 0 Å². The molecular weight excluding hydrogens is 174 g/mol. The van der Waals surface area contributed by atoms with Crippen LogP contribution in [0.4, 0.5) is 0 Å². The van der Waals surface area contributed by atoms with Gasteiger partial charge in [0.25, 0.3) is 0 Å². The lowest BCUT2D eigenvalue weighted by molar-refractivity contribution is -0.0127. The summed E-state index contributed by atoms with van der Waals surface area (Å²) in [5.74, 6) is 0. The molecule has 2 nitrogen and oxygen atoms in total. The normalized spacial score (nSPS) is 34.1. The van der Waals surface area contributed by atoms with Gasteiger partial charge in [-0.3, -0.25) is 0 Å². The van der Waals surface area contributed by atoms with E-state index >= 15 is 0 Å². The third-order valence-corrected chi connectivity index (χ3v) is 3.13. The summed E-state index contributed by atoms with van der Waals surface area (Å²) in [4.78, 5) is 2.33. The van der Waals surface area contributed by atoms with E-state index in [1.54, 1.807) is 0 Å². The smallest absolute Gasteiger partial charge is 0.0774 e. The lowest BCUT2D eigenvalue weighted by Crippen LogP contribution is -2.48. The minimum Gasteiger partial charge on any atom is -0.389 e. The number of hydrogen-bond acceptors (Lipinski definition) is 2. The molecular formula is C12H25NO. The summed E-state index contributed by atoms with van der Waals surface area (Å²) in [6.45, 7) is 9.76. The second kappa shape index (κ2) is 3.82. The maximum atomic E-state index is 10.2. The molecule has 2 atom stereocenters. The van der Waals surface area contributed by atoms with Crippen molar-refractivity contribution in [3.8, 4) is 0 Å². The van der Waals surface area contributed by atoms with E-state index in [0.717, 1.165) is 25.8 Å². The molecule has 1 aliphatic rings. The Morgan fingerprint density at radius 3 is 2.36 bits per heavy atom. The molecule has 14 heavy (non-hydrogen) atoms. The molecule has 0 aromatic heterocycles. The van der Waals surface area contributed by atoms with Crippen LogP contribution in [0.1, 0.15) is 47.0 Å².